The molecule has 21 heavy (non-hydrogen) atoms. The van der Waals surface area contributed by atoms with Gasteiger partial charge >= 0.3 is 0 Å². The van der Waals surface area contributed by atoms with E-state index in [1.807, 2.05) is 12.1 Å². The summed E-state index contributed by atoms with van der Waals surface area (Å²) in [5.41, 5.74) is 2.56. The highest BCUT2D eigenvalue weighted by molar-refractivity contribution is 5.16. The Labute approximate surface area is 130 Å². The van der Waals surface area contributed by atoms with Crippen LogP contribution in [0.3, 0.4) is 0 Å². The summed E-state index contributed by atoms with van der Waals surface area (Å²) in [6, 6.07) is 20.8. The topological polar surface area (TPSA) is 6.48 Å². The Morgan fingerprint density at radius 1 is 0.905 bits per heavy atom. The van der Waals surface area contributed by atoms with E-state index in [1.54, 1.807) is 0 Å². The van der Waals surface area contributed by atoms with Crippen LogP contribution >= 0.6 is 0 Å². The monoisotopic (exact) mass is 282 g/mol. The van der Waals surface area contributed by atoms with Crippen LogP contribution in [0.1, 0.15) is 20.7 Å². The lowest BCUT2D eigenvalue weighted by molar-refractivity contribution is 0.0733. The lowest BCUT2D eigenvalue weighted by atomic mass is 10.1. The fraction of sp³-hybridized carbons (Fsp3) is 0.368. The molecule has 0 N–H and O–H groups in total. The second kappa shape index (κ2) is 6.88. The van der Waals surface area contributed by atoms with E-state index in [2.05, 4.69) is 58.3 Å². The van der Waals surface area contributed by atoms with Gasteiger partial charge in [0.25, 0.3) is 0 Å². The van der Waals surface area contributed by atoms with E-state index in [4.69, 9.17) is 2.74 Å². The van der Waals surface area contributed by atoms with Crippen molar-refractivity contribution in [2.75, 3.05) is 19.6 Å². The Morgan fingerprint density at radius 3 is 2.14 bits per heavy atom. The zero-order chi connectivity index (χ0) is 16.1. The molecule has 1 fully saturated rings. The van der Waals surface area contributed by atoms with E-state index in [9.17, 15) is 0 Å². The zero-order valence-corrected chi connectivity index (χ0v) is 12.4. The minimum atomic E-state index is -0.822. The number of benzene rings is 2. The number of hydrogen-bond acceptors (Lipinski definition) is 2. The van der Waals surface area contributed by atoms with Crippen molar-refractivity contribution in [2.45, 2.75) is 26.0 Å². The van der Waals surface area contributed by atoms with Crippen molar-refractivity contribution in [3.63, 3.8) is 0 Å². The molecule has 1 aliphatic heterocycles. The van der Waals surface area contributed by atoms with Crippen molar-refractivity contribution >= 4 is 0 Å². The average molecular weight is 282 g/mol. The lowest BCUT2D eigenvalue weighted by Crippen LogP contribution is -2.50. The molecule has 0 aromatic heterocycles. The van der Waals surface area contributed by atoms with Gasteiger partial charge in [0, 0.05) is 41.5 Å². The highest BCUT2D eigenvalue weighted by Crippen LogP contribution is 2.15. The summed E-state index contributed by atoms with van der Waals surface area (Å²) >= 11 is 0. The van der Waals surface area contributed by atoms with Crippen LogP contribution in [0.25, 0.3) is 0 Å². The largest absolute Gasteiger partial charge is 0.296 e. The molecule has 2 heteroatoms. The first kappa shape index (κ1) is 12.0. The fourth-order valence-electron chi connectivity index (χ4n) is 2.91. The van der Waals surface area contributed by atoms with Gasteiger partial charge in [-0.05, 0) is 18.0 Å². The molecule has 0 radical (unpaired) electrons. The minimum absolute atomic E-state index is 0.0346. The molecule has 0 bridgehead atoms. The molecule has 0 spiro atoms. The fourth-order valence-corrected chi connectivity index (χ4v) is 2.91. The number of nitrogens with zero attached hydrogens (tertiary/aromatic N) is 2. The van der Waals surface area contributed by atoms with E-state index in [0.717, 1.165) is 32.7 Å². The van der Waals surface area contributed by atoms with Crippen LogP contribution in [0.2, 0.25) is 0 Å². The van der Waals surface area contributed by atoms with Crippen LogP contribution in [0.5, 0.6) is 0 Å². The van der Waals surface area contributed by atoms with Gasteiger partial charge in [-0.25, -0.2) is 0 Å². The normalized spacial score (nSPS) is 22.0. The van der Waals surface area contributed by atoms with Crippen molar-refractivity contribution in [1.29, 1.82) is 0 Å². The highest BCUT2D eigenvalue weighted by Gasteiger charge is 2.23. The van der Waals surface area contributed by atoms with Gasteiger partial charge in [0.15, 0.2) is 0 Å². The van der Waals surface area contributed by atoms with Crippen LogP contribution in [-0.2, 0) is 13.1 Å². The Hall–Kier alpha value is -1.64. The van der Waals surface area contributed by atoms with Gasteiger partial charge in [-0.1, -0.05) is 60.7 Å². The third-order valence-corrected chi connectivity index (χ3v) is 4.10. The molecule has 1 aliphatic rings. The Morgan fingerprint density at radius 2 is 1.52 bits per heavy atom. The third kappa shape index (κ3) is 3.93. The van der Waals surface area contributed by atoms with Crippen molar-refractivity contribution in [2.24, 2.45) is 0 Å². The molecule has 1 heterocycles. The number of piperazine rings is 1. The maximum Gasteiger partial charge on any atom is 0.0247 e. The predicted octanol–water partition coefficient (Wildman–Crippen LogP) is 3.39. The molecule has 0 aliphatic carbocycles. The lowest BCUT2D eigenvalue weighted by Gasteiger charge is -2.40. The standard InChI is InChI=1S/C19H24N2/c1-17-14-20(15-18-8-4-2-5-9-18)12-13-21(17)16-19-10-6-3-7-11-19/h2-11,17H,12-16H2,1H3/i1D2. The molecule has 1 saturated heterocycles. The van der Waals surface area contributed by atoms with Crippen LogP contribution in [-0.4, -0.2) is 35.5 Å². The van der Waals surface area contributed by atoms with Gasteiger partial charge in [0.1, 0.15) is 0 Å². The van der Waals surface area contributed by atoms with E-state index >= 15 is 0 Å². The van der Waals surface area contributed by atoms with Gasteiger partial charge in [0.05, 0.1) is 0 Å². The van der Waals surface area contributed by atoms with Crippen molar-refractivity contribution in [3.05, 3.63) is 71.8 Å². The summed E-state index contributed by atoms with van der Waals surface area (Å²) in [7, 11) is 0. The SMILES string of the molecule is [2H]C([2H])C1CN(Cc2ccccc2)CCN1Cc1ccccc1. The van der Waals surface area contributed by atoms with E-state index in [0.29, 0.717) is 0 Å². The zero-order valence-electron chi connectivity index (χ0n) is 14.4. The van der Waals surface area contributed by atoms with Gasteiger partial charge < -0.3 is 0 Å². The quantitative estimate of drug-likeness (QED) is 0.848. The molecule has 3 rings (SSSR count). The van der Waals surface area contributed by atoms with E-state index in [-0.39, 0.29) is 6.04 Å². The van der Waals surface area contributed by atoms with Gasteiger partial charge in [0.2, 0.25) is 0 Å². The Balaban J connectivity index is 1.64. The molecule has 2 nitrogen and oxygen atoms in total. The molecule has 0 amide bonds. The first-order valence-electron chi connectivity index (χ1n) is 8.76. The smallest absolute Gasteiger partial charge is 0.0247 e. The van der Waals surface area contributed by atoms with Crippen LogP contribution in [0.15, 0.2) is 60.7 Å². The van der Waals surface area contributed by atoms with E-state index < -0.39 is 6.88 Å². The average Bonchev–Trinajstić information content (AvgIpc) is 2.58. The minimum Gasteiger partial charge on any atom is -0.296 e. The summed E-state index contributed by atoms with van der Waals surface area (Å²) < 4.78 is 15.9. The summed E-state index contributed by atoms with van der Waals surface area (Å²) in [6.07, 6.45) is 0. The maximum absolute atomic E-state index is 7.94. The molecule has 2 aromatic carbocycles. The molecule has 110 valence electrons. The molecule has 1 unspecified atom stereocenters. The van der Waals surface area contributed by atoms with E-state index in [1.165, 1.54) is 11.1 Å². The molecule has 1 atom stereocenters. The van der Waals surface area contributed by atoms with Crippen LogP contribution in [0.4, 0.5) is 0 Å². The van der Waals surface area contributed by atoms with Crippen LogP contribution in [0, 0.1) is 0 Å². The van der Waals surface area contributed by atoms with Gasteiger partial charge in [-0.3, -0.25) is 9.80 Å². The summed E-state index contributed by atoms with van der Waals surface area (Å²) in [5, 5.41) is 0. The van der Waals surface area contributed by atoms with Crippen LogP contribution < -0.4 is 0 Å². The van der Waals surface area contributed by atoms with Crippen molar-refractivity contribution < 1.29 is 2.74 Å². The summed E-state index contributed by atoms with van der Waals surface area (Å²) in [5.74, 6) is 0. The number of rotatable bonds is 4. The van der Waals surface area contributed by atoms with Gasteiger partial charge in [-0.2, -0.15) is 0 Å². The summed E-state index contributed by atoms with van der Waals surface area (Å²) in [4.78, 5) is 4.67. The molecule has 0 saturated carbocycles. The van der Waals surface area contributed by atoms with Crippen molar-refractivity contribution in [3.8, 4) is 0 Å². The summed E-state index contributed by atoms with van der Waals surface area (Å²) in [6.45, 7) is 3.62. The second-order valence-corrected chi connectivity index (χ2v) is 5.74. The highest BCUT2D eigenvalue weighted by atomic mass is 15.3. The molecular weight excluding hydrogens is 256 g/mol. The van der Waals surface area contributed by atoms with Crippen molar-refractivity contribution in [1.82, 2.24) is 9.80 Å². The second-order valence-electron chi connectivity index (χ2n) is 5.74. The van der Waals surface area contributed by atoms with Gasteiger partial charge in [-0.15, -0.1) is 0 Å². The maximum atomic E-state index is 7.94. The number of hydrogen-bond donors (Lipinski definition) is 0. The molecule has 2 aromatic rings. The first-order valence-corrected chi connectivity index (χ1v) is 7.61. The third-order valence-electron chi connectivity index (χ3n) is 4.10. The first-order chi connectivity index (χ1) is 11.2. The Kier molecular flexibility index (Phi) is 3.92. The predicted molar refractivity (Wildman–Crippen MR) is 88.0 cm³/mol. The Bertz CT molecular complexity index is 589. The molecular formula is C19H24N2.